The summed E-state index contributed by atoms with van der Waals surface area (Å²) in [7, 11) is 1.56. The monoisotopic (exact) mass is 289 g/mol. The first-order chi connectivity index (χ1) is 9.67. The van der Waals surface area contributed by atoms with Crippen molar-refractivity contribution >= 4 is 23.4 Å². The Morgan fingerprint density at radius 1 is 1.35 bits per heavy atom. The van der Waals surface area contributed by atoms with Gasteiger partial charge in [0.2, 0.25) is 5.88 Å². The molecular weight excluding hydrogens is 277 g/mol. The lowest BCUT2D eigenvalue weighted by molar-refractivity contribution is 0.399. The molecule has 20 heavy (non-hydrogen) atoms. The van der Waals surface area contributed by atoms with Gasteiger partial charge in [-0.2, -0.15) is 4.98 Å². The number of H-pyrrole nitrogens is 1. The Morgan fingerprint density at radius 3 is 2.95 bits per heavy atom. The van der Waals surface area contributed by atoms with Gasteiger partial charge in [0.05, 0.1) is 19.2 Å². The Labute approximate surface area is 119 Å². The van der Waals surface area contributed by atoms with Crippen LogP contribution in [0.5, 0.6) is 5.88 Å². The van der Waals surface area contributed by atoms with Crippen molar-refractivity contribution in [1.29, 1.82) is 0 Å². The number of ether oxygens (including phenoxy) is 1. The molecule has 2 aromatic heterocycles. The largest absolute Gasteiger partial charge is 0.481 e. The molecule has 0 bridgehead atoms. The highest BCUT2D eigenvalue weighted by molar-refractivity contribution is 7.71. The number of halogens is 1. The topological polar surface area (TPSA) is 42.8 Å². The third-order valence-electron chi connectivity index (χ3n) is 3.03. The van der Waals surface area contributed by atoms with E-state index in [1.807, 2.05) is 16.7 Å². The van der Waals surface area contributed by atoms with Crippen molar-refractivity contribution in [3.05, 3.63) is 52.5 Å². The molecule has 6 heteroatoms. The first-order valence-electron chi connectivity index (χ1n) is 6.05. The second-order valence-electron chi connectivity index (χ2n) is 4.37. The van der Waals surface area contributed by atoms with E-state index in [1.165, 1.54) is 12.1 Å². The number of aromatic nitrogens is 3. The Bertz CT molecular complexity index is 825. The van der Waals surface area contributed by atoms with Crippen LogP contribution in [0.2, 0.25) is 0 Å². The third-order valence-corrected chi connectivity index (χ3v) is 3.35. The quantitative estimate of drug-likeness (QED) is 0.752. The SMILES string of the molecule is COc1ccc2[nH]c(=S)n(Cc3cccc(F)c3)c2n1. The molecule has 0 saturated heterocycles. The van der Waals surface area contributed by atoms with Crippen molar-refractivity contribution in [2.75, 3.05) is 7.11 Å². The Kier molecular flexibility index (Phi) is 3.23. The molecule has 0 aliphatic heterocycles. The number of benzene rings is 1. The molecule has 0 aliphatic carbocycles. The summed E-state index contributed by atoms with van der Waals surface area (Å²) >= 11 is 5.30. The smallest absolute Gasteiger partial charge is 0.215 e. The molecule has 0 aliphatic rings. The highest BCUT2D eigenvalue weighted by atomic mass is 32.1. The number of hydrogen-bond donors (Lipinski definition) is 1. The minimum Gasteiger partial charge on any atom is -0.481 e. The predicted molar refractivity (Wildman–Crippen MR) is 77.0 cm³/mol. The van der Waals surface area contributed by atoms with Gasteiger partial charge in [-0.15, -0.1) is 0 Å². The molecule has 0 spiro atoms. The first kappa shape index (κ1) is 12.8. The lowest BCUT2D eigenvalue weighted by Crippen LogP contribution is -2.01. The van der Waals surface area contributed by atoms with Gasteiger partial charge in [-0.05, 0) is 36.0 Å². The summed E-state index contributed by atoms with van der Waals surface area (Å²) in [6.07, 6.45) is 0. The molecule has 0 unspecified atom stereocenters. The molecule has 2 heterocycles. The van der Waals surface area contributed by atoms with Crippen LogP contribution < -0.4 is 4.74 Å². The lowest BCUT2D eigenvalue weighted by Gasteiger charge is -2.05. The number of imidazole rings is 1. The third kappa shape index (κ3) is 2.30. The van der Waals surface area contributed by atoms with E-state index >= 15 is 0 Å². The molecule has 1 aromatic carbocycles. The molecule has 3 aromatic rings. The van der Waals surface area contributed by atoms with Gasteiger partial charge in [-0.3, -0.25) is 4.57 Å². The molecule has 0 atom stereocenters. The molecular formula is C14H12FN3OS. The number of aromatic amines is 1. The van der Waals surface area contributed by atoms with Crippen LogP contribution in [0.1, 0.15) is 5.56 Å². The van der Waals surface area contributed by atoms with E-state index in [0.29, 0.717) is 22.8 Å². The molecule has 102 valence electrons. The molecule has 0 amide bonds. The molecule has 3 rings (SSSR count). The second-order valence-corrected chi connectivity index (χ2v) is 4.76. The number of rotatable bonds is 3. The van der Waals surface area contributed by atoms with Crippen molar-refractivity contribution in [1.82, 2.24) is 14.5 Å². The van der Waals surface area contributed by atoms with E-state index in [-0.39, 0.29) is 5.82 Å². The fraction of sp³-hybridized carbons (Fsp3) is 0.143. The van der Waals surface area contributed by atoms with Gasteiger partial charge in [0.25, 0.3) is 0 Å². The van der Waals surface area contributed by atoms with Gasteiger partial charge in [0.1, 0.15) is 5.82 Å². The van der Waals surface area contributed by atoms with E-state index in [9.17, 15) is 4.39 Å². The van der Waals surface area contributed by atoms with Crippen LogP contribution in [0.3, 0.4) is 0 Å². The van der Waals surface area contributed by atoms with Gasteiger partial charge < -0.3 is 9.72 Å². The molecule has 0 radical (unpaired) electrons. The van der Waals surface area contributed by atoms with Crippen LogP contribution in [0.4, 0.5) is 4.39 Å². The van der Waals surface area contributed by atoms with Crippen molar-refractivity contribution < 1.29 is 9.13 Å². The van der Waals surface area contributed by atoms with Crippen molar-refractivity contribution in [3.8, 4) is 5.88 Å². The number of fused-ring (bicyclic) bond motifs is 1. The minimum atomic E-state index is -0.264. The number of nitrogens with zero attached hydrogens (tertiary/aromatic N) is 2. The Morgan fingerprint density at radius 2 is 2.20 bits per heavy atom. The lowest BCUT2D eigenvalue weighted by atomic mass is 10.2. The van der Waals surface area contributed by atoms with Crippen molar-refractivity contribution in [3.63, 3.8) is 0 Å². The number of methoxy groups -OCH3 is 1. The highest BCUT2D eigenvalue weighted by Gasteiger charge is 2.08. The van der Waals surface area contributed by atoms with Crippen LogP contribution in [-0.2, 0) is 6.54 Å². The van der Waals surface area contributed by atoms with Crippen LogP contribution in [0.15, 0.2) is 36.4 Å². The maximum Gasteiger partial charge on any atom is 0.215 e. The van der Waals surface area contributed by atoms with Gasteiger partial charge in [0.15, 0.2) is 10.4 Å². The van der Waals surface area contributed by atoms with Gasteiger partial charge in [-0.1, -0.05) is 12.1 Å². The van der Waals surface area contributed by atoms with Crippen molar-refractivity contribution in [2.24, 2.45) is 0 Å². The zero-order valence-electron chi connectivity index (χ0n) is 10.8. The van der Waals surface area contributed by atoms with E-state index in [1.54, 1.807) is 19.2 Å². The Balaban J connectivity index is 2.10. The van der Waals surface area contributed by atoms with Crippen LogP contribution >= 0.6 is 12.2 Å². The van der Waals surface area contributed by atoms with E-state index < -0.39 is 0 Å². The fourth-order valence-corrected chi connectivity index (χ4v) is 2.35. The highest BCUT2D eigenvalue weighted by Crippen LogP contribution is 2.18. The summed E-state index contributed by atoms with van der Waals surface area (Å²) in [6, 6.07) is 10.1. The second kappa shape index (κ2) is 5.05. The summed E-state index contributed by atoms with van der Waals surface area (Å²) in [6.45, 7) is 0.455. The maximum absolute atomic E-state index is 13.3. The summed E-state index contributed by atoms with van der Waals surface area (Å²) in [5.74, 6) is 0.249. The van der Waals surface area contributed by atoms with Gasteiger partial charge in [-0.25, -0.2) is 4.39 Å². The summed E-state index contributed by atoms with van der Waals surface area (Å²) < 4.78 is 20.7. The van der Waals surface area contributed by atoms with E-state index in [0.717, 1.165) is 11.1 Å². The molecule has 0 saturated carbocycles. The number of nitrogens with one attached hydrogen (secondary N) is 1. The summed E-state index contributed by atoms with van der Waals surface area (Å²) in [5, 5.41) is 0. The summed E-state index contributed by atoms with van der Waals surface area (Å²) in [4.78, 5) is 7.46. The van der Waals surface area contributed by atoms with Crippen molar-refractivity contribution in [2.45, 2.75) is 6.54 Å². The fourth-order valence-electron chi connectivity index (χ4n) is 2.09. The Hall–Kier alpha value is -2.21. The van der Waals surface area contributed by atoms with E-state index in [4.69, 9.17) is 17.0 Å². The molecule has 0 fully saturated rings. The zero-order valence-corrected chi connectivity index (χ0v) is 11.6. The first-order valence-corrected chi connectivity index (χ1v) is 6.46. The van der Waals surface area contributed by atoms with Crippen LogP contribution in [0, 0.1) is 10.6 Å². The average molecular weight is 289 g/mol. The summed E-state index contributed by atoms with van der Waals surface area (Å²) in [5.41, 5.74) is 2.34. The average Bonchev–Trinajstić information content (AvgIpc) is 2.74. The predicted octanol–water partition coefficient (Wildman–Crippen LogP) is 3.29. The van der Waals surface area contributed by atoms with Gasteiger partial charge in [0, 0.05) is 6.07 Å². The molecule has 4 nitrogen and oxygen atoms in total. The maximum atomic E-state index is 13.3. The van der Waals surface area contributed by atoms with Crippen LogP contribution in [-0.4, -0.2) is 21.6 Å². The minimum absolute atomic E-state index is 0.264. The number of pyridine rings is 1. The zero-order chi connectivity index (χ0) is 14.1. The number of hydrogen-bond acceptors (Lipinski definition) is 3. The van der Waals surface area contributed by atoms with Crippen LogP contribution in [0.25, 0.3) is 11.2 Å². The standard InChI is InChI=1S/C14H12FN3OS/c1-19-12-6-5-11-13(17-12)18(14(20)16-11)8-9-3-2-4-10(15)7-9/h2-7H,8H2,1H3,(H,16,20). The van der Waals surface area contributed by atoms with Gasteiger partial charge >= 0.3 is 0 Å². The molecule has 1 N–H and O–H groups in total. The van der Waals surface area contributed by atoms with E-state index in [2.05, 4.69) is 9.97 Å². The normalized spacial score (nSPS) is 10.9.